The number of hydrogen-bond donors (Lipinski definition) is 0. The summed E-state index contributed by atoms with van der Waals surface area (Å²) in [6.07, 6.45) is 0. The predicted molar refractivity (Wildman–Crippen MR) is 195 cm³/mol. The van der Waals surface area contributed by atoms with E-state index in [1.54, 1.807) is 0 Å². The molecule has 0 atom stereocenters. The highest BCUT2D eigenvalue weighted by atomic mass is 15.0. The van der Waals surface area contributed by atoms with Gasteiger partial charge in [-0.2, -0.15) is 10.5 Å². The van der Waals surface area contributed by atoms with Gasteiger partial charge in [-0.05, 0) is 71.3 Å². The zero-order chi connectivity index (χ0) is 32.2. The smallest absolute Gasteiger partial charge is 0.101 e. The third-order valence-electron chi connectivity index (χ3n) is 9.41. The molecule has 0 bridgehead atoms. The predicted octanol–water partition coefficient (Wildman–Crippen LogP) is 11.0. The summed E-state index contributed by atoms with van der Waals surface area (Å²) in [4.78, 5) is 0. The van der Waals surface area contributed by atoms with Crippen molar-refractivity contribution in [3.05, 3.63) is 169 Å². The van der Waals surface area contributed by atoms with Gasteiger partial charge in [-0.15, -0.1) is 0 Å². The summed E-state index contributed by atoms with van der Waals surface area (Å²) in [6.45, 7) is 0. The van der Waals surface area contributed by atoms with Crippen molar-refractivity contribution < 1.29 is 0 Å². The highest BCUT2D eigenvalue weighted by Gasteiger charge is 2.17. The van der Waals surface area contributed by atoms with Gasteiger partial charge in [0.2, 0.25) is 0 Å². The fourth-order valence-corrected chi connectivity index (χ4v) is 7.24. The van der Waals surface area contributed by atoms with Gasteiger partial charge in [0.25, 0.3) is 0 Å². The number of hydrogen-bond acceptors (Lipinski definition) is 2. The van der Waals surface area contributed by atoms with Crippen LogP contribution in [0.4, 0.5) is 0 Å². The summed E-state index contributed by atoms with van der Waals surface area (Å²) >= 11 is 0. The fraction of sp³-hybridized carbons (Fsp3) is 0. The van der Waals surface area contributed by atoms with E-state index in [1.807, 2.05) is 42.5 Å². The maximum Gasteiger partial charge on any atom is 0.101 e. The zero-order valence-electron chi connectivity index (χ0n) is 25.8. The van der Waals surface area contributed by atoms with Crippen molar-refractivity contribution in [2.24, 2.45) is 0 Å². The highest BCUT2D eigenvalue weighted by Crippen LogP contribution is 2.38. The van der Waals surface area contributed by atoms with Crippen LogP contribution in [0.5, 0.6) is 0 Å². The van der Waals surface area contributed by atoms with E-state index in [-0.39, 0.29) is 0 Å². The van der Waals surface area contributed by atoms with Crippen LogP contribution < -0.4 is 0 Å². The quantitative estimate of drug-likeness (QED) is 0.199. The molecule has 0 saturated carbocycles. The van der Waals surface area contributed by atoms with Crippen molar-refractivity contribution in [3.63, 3.8) is 0 Å². The molecular formula is C44H26N4. The van der Waals surface area contributed by atoms with Gasteiger partial charge in [0.05, 0.1) is 50.6 Å². The molecule has 2 aromatic heterocycles. The summed E-state index contributed by atoms with van der Waals surface area (Å²) in [5, 5.41) is 24.4. The molecule has 0 unspecified atom stereocenters. The number of para-hydroxylation sites is 4. The molecule has 0 saturated heterocycles. The first kappa shape index (κ1) is 27.4. The second-order valence-corrected chi connectivity index (χ2v) is 12.0. The number of fused-ring (bicyclic) bond motifs is 6. The molecule has 4 heteroatoms. The van der Waals surface area contributed by atoms with E-state index in [0.29, 0.717) is 11.1 Å². The van der Waals surface area contributed by atoms with Crippen LogP contribution >= 0.6 is 0 Å². The van der Waals surface area contributed by atoms with Gasteiger partial charge in [-0.25, -0.2) is 0 Å². The molecule has 0 fully saturated rings. The Balaban J connectivity index is 1.13. The van der Waals surface area contributed by atoms with Crippen molar-refractivity contribution in [1.82, 2.24) is 9.13 Å². The standard InChI is InChI=1S/C44H26N4/c45-27-29-17-23-44-38(25-29)37-12-4-8-16-43(37)47(44)39-24-22-32(26-33(39)28-46)30-18-20-31(21-19-30)34-9-1-5-13-40(34)48-41-14-6-2-10-35(41)36-11-3-7-15-42(36)48/h1-26H. The molecule has 0 amide bonds. The molecule has 0 N–H and O–H groups in total. The van der Waals surface area contributed by atoms with Gasteiger partial charge in [0.1, 0.15) is 6.07 Å². The molecule has 2 heterocycles. The van der Waals surface area contributed by atoms with Crippen LogP contribution in [-0.2, 0) is 0 Å². The number of aromatic nitrogens is 2. The van der Waals surface area contributed by atoms with Gasteiger partial charge in [0.15, 0.2) is 0 Å². The first-order valence-corrected chi connectivity index (χ1v) is 15.9. The Labute approximate surface area is 277 Å². The van der Waals surface area contributed by atoms with Gasteiger partial charge < -0.3 is 9.13 Å². The number of nitriles is 2. The molecule has 7 aromatic carbocycles. The molecule has 0 radical (unpaired) electrons. The maximum atomic E-state index is 10.4. The van der Waals surface area contributed by atoms with E-state index < -0.39 is 0 Å². The van der Waals surface area contributed by atoms with E-state index >= 15 is 0 Å². The van der Waals surface area contributed by atoms with Crippen LogP contribution in [-0.4, -0.2) is 9.13 Å². The van der Waals surface area contributed by atoms with E-state index in [0.717, 1.165) is 55.4 Å². The molecule has 0 aliphatic rings. The Kier molecular flexibility index (Phi) is 6.22. The third kappa shape index (κ3) is 4.14. The zero-order valence-corrected chi connectivity index (χ0v) is 25.8. The Morgan fingerprint density at radius 1 is 0.375 bits per heavy atom. The largest absolute Gasteiger partial charge is 0.309 e. The van der Waals surface area contributed by atoms with E-state index in [2.05, 4.69) is 137 Å². The first-order chi connectivity index (χ1) is 23.7. The molecule has 0 aliphatic carbocycles. The average Bonchev–Trinajstić information content (AvgIpc) is 3.67. The molecule has 9 rings (SSSR count). The van der Waals surface area contributed by atoms with Gasteiger partial charge >= 0.3 is 0 Å². The number of nitrogens with zero attached hydrogens (tertiary/aromatic N) is 4. The summed E-state index contributed by atoms with van der Waals surface area (Å²) in [5.74, 6) is 0. The summed E-state index contributed by atoms with van der Waals surface area (Å²) in [6, 6.07) is 59.0. The summed E-state index contributed by atoms with van der Waals surface area (Å²) < 4.78 is 4.49. The van der Waals surface area contributed by atoms with Crippen molar-refractivity contribution in [1.29, 1.82) is 10.5 Å². The maximum absolute atomic E-state index is 10.4. The Morgan fingerprint density at radius 3 is 1.54 bits per heavy atom. The molecule has 0 spiro atoms. The van der Waals surface area contributed by atoms with Crippen LogP contribution in [0, 0.1) is 22.7 Å². The van der Waals surface area contributed by atoms with Crippen LogP contribution in [0.1, 0.15) is 11.1 Å². The van der Waals surface area contributed by atoms with Crippen LogP contribution in [0.25, 0.3) is 77.2 Å². The van der Waals surface area contributed by atoms with Crippen molar-refractivity contribution >= 4 is 43.6 Å². The monoisotopic (exact) mass is 610 g/mol. The molecule has 4 nitrogen and oxygen atoms in total. The van der Waals surface area contributed by atoms with E-state index in [4.69, 9.17) is 0 Å². The highest BCUT2D eigenvalue weighted by molar-refractivity contribution is 6.11. The summed E-state index contributed by atoms with van der Waals surface area (Å²) in [5.41, 5.74) is 11.8. The third-order valence-corrected chi connectivity index (χ3v) is 9.41. The second-order valence-electron chi connectivity index (χ2n) is 12.0. The summed E-state index contributed by atoms with van der Waals surface area (Å²) in [7, 11) is 0. The van der Waals surface area contributed by atoms with Crippen LogP contribution in [0.2, 0.25) is 0 Å². The van der Waals surface area contributed by atoms with Crippen molar-refractivity contribution in [2.45, 2.75) is 0 Å². The van der Waals surface area contributed by atoms with Crippen molar-refractivity contribution in [3.8, 4) is 45.8 Å². The van der Waals surface area contributed by atoms with E-state index in [9.17, 15) is 10.5 Å². The molecular weight excluding hydrogens is 585 g/mol. The lowest BCUT2D eigenvalue weighted by atomic mass is 9.97. The number of rotatable bonds is 4. The fourth-order valence-electron chi connectivity index (χ4n) is 7.24. The van der Waals surface area contributed by atoms with E-state index in [1.165, 1.54) is 21.8 Å². The topological polar surface area (TPSA) is 57.4 Å². The van der Waals surface area contributed by atoms with Gasteiger partial charge in [0, 0.05) is 27.1 Å². The van der Waals surface area contributed by atoms with Crippen LogP contribution in [0.3, 0.4) is 0 Å². The number of benzene rings is 7. The lowest BCUT2D eigenvalue weighted by Gasteiger charge is -2.15. The lowest BCUT2D eigenvalue weighted by Crippen LogP contribution is -1.98. The van der Waals surface area contributed by atoms with Gasteiger partial charge in [-0.3, -0.25) is 0 Å². The Bertz CT molecular complexity index is 2750. The second kappa shape index (κ2) is 10.9. The molecule has 9 aromatic rings. The molecule has 0 aliphatic heterocycles. The van der Waals surface area contributed by atoms with Crippen molar-refractivity contribution in [2.75, 3.05) is 0 Å². The average molecular weight is 611 g/mol. The molecule has 48 heavy (non-hydrogen) atoms. The minimum atomic E-state index is 0.584. The first-order valence-electron chi connectivity index (χ1n) is 15.9. The minimum Gasteiger partial charge on any atom is -0.309 e. The SMILES string of the molecule is N#Cc1ccc2c(c1)c1ccccc1n2-c1ccc(-c2ccc(-c3ccccc3-n3c4ccccc4c4ccccc43)cc2)cc1C#N. The molecule has 222 valence electrons. The lowest BCUT2D eigenvalue weighted by molar-refractivity contribution is 1.17. The van der Waals surface area contributed by atoms with Gasteiger partial charge in [-0.1, -0.05) is 103 Å². The Morgan fingerprint density at radius 2 is 0.896 bits per heavy atom. The Hall–Kier alpha value is -6.88. The van der Waals surface area contributed by atoms with Crippen LogP contribution in [0.15, 0.2) is 158 Å². The minimum absolute atomic E-state index is 0.584. The normalized spacial score (nSPS) is 11.3.